The summed E-state index contributed by atoms with van der Waals surface area (Å²) in [5.41, 5.74) is 3.92. The second-order valence-electron chi connectivity index (χ2n) is 6.39. The zero-order valence-corrected chi connectivity index (χ0v) is 16.9. The monoisotopic (exact) mass is 417 g/mol. The van der Waals surface area contributed by atoms with Crippen LogP contribution in [0.1, 0.15) is 16.7 Å². The van der Waals surface area contributed by atoms with Gasteiger partial charge in [-0.05, 0) is 49.7 Å². The molecule has 0 aliphatic heterocycles. The molecule has 0 radical (unpaired) electrons. The molecular formula is C20H24BrN3O2. The lowest BCUT2D eigenvalue weighted by Gasteiger charge is -2.16. The number of rotatable bonds is 7. The van der Waals surface area contributed by atoms with E-state index in [2.05, 4.69) is 26.6 Å². The lowest BCUT2D eigenvalue weighted by molar-refractivity contribution is -0.124. The first-order chi connectivity index (χ1) is 12.3. The number of halogens is 1. The van der Waals surface area contributed by atoms with Crippen LogP contribution in [0.5, 0.6) is 0 Å². The summed E-state index contributed by atoms with van der Waals surface area (Å²) in [6.45, 7) is 4.73. The molecule has 0 bridgehead atoms. The van der Waals surface area contributed by atoms with E-state index in [1.54, 1.807) is 0 Å². The van der Waals surface area contributed by atoms with Gasteiger partial charge in [0.2, 0.25) is 11.8 Å². The van der Waals surface area contributed by atoms with Gasteiger partial charge in [-0.1, -0.05) is 46.3 Å². The van der Waals surface area contributed by atoms with Gasteiger partial charge in [0.05, 0.1) is 13.1 Å². The molecule has 0 aliphatic carbocycles. The maximum atomic E-state index is 12.1. The largest absolute Gasteiger partial charge is 0.346 e. The van der Waals surface area contributed by atoms with Crippen molar-refractivity contribution >= 4 is 33.4 Å². The fourth-order valence-corrected chi connectivity index (χ4v) is 2.90. The van der Waals surface area contributed by atoms with Gasteiger partial charge in [-0.15, -0.1) is 0 Å². The van der Waals surface area contributed by atoms with Gasteiger partial charge in [-0.25, -0.2) is 0 Å². The predicted octanol–water partition coefficient (Wildman–Crippen LogP) is 3.25. The lowest BCUT2D eigenvalue weighted by Crippen LogP contribution is -2.39. The number of nitrogens with zero attached hydrogens (tertiary/aromatic N) is 1. The third kappa shape index (κ3) is 6.28. The molecule has 6 heteroatoms. The Hall–Kier alpha value is -2.18. The molecule has 2 aromatic rings. The van der Waals surface area contributed by atoms with E-state index in [0.29, 0.717) is 6.54 Å². The van der Waals surface area contributed by atoms with Gasteiger partial charge in [0.25, 0.3) is 0 Å². The number of likely N-dealkylation sites (N-methyl/N-ethyl adjacent to an activating group) is 1. The molecule has 138 valence electrons. The molecule has 2 N–H and O–H groups in total. The predicted molar refractivity (Wildman–Crippen MR) is 108 cm³/mol. The number of nitrogens with one attached hydrogen (secondary N) is 2. The maximum absolute atomic E-state index is 12.1. The Kier molecular flexibility index (Phi) is 7.36. The highest BCUT2D eigenvalue weighted by atomic mass is 79.9. The first-order valence-corrected chi connectivity index (χ1v) is 9.20. The van der Waals surface area contributed by atoms with Crippen LogP contribution >= 0.6 is 15.9 Å². The molecule has 0 unspecified atom stereocenters. The van der Waals surface area contributed by atoms with Crippen LogP contribution < -0.4 is 10.6 Å². The Balaban J connectivity index is 1.77. The summed E-state index contributed by atoms with van der Waals surface area (Å²) in [6, 6.07) is 13.8. The summed E-state index contributed by atoms with van der Waals surface area (Å²) in [5.74, 6) is -0.410. The molecule has 0 saturated heterocycles. The van der Waals surface area contributed by atoms with Crippen molar-refractivity contribution in [1.82, 2.24) is 10.2 Å². The number of carbonyl (C=O) groups excluding carboxylic acids is 2. The number of aryl methyl sites for hydroxylation is 2. The van der Waals surface area contributed by atoms with Crippen molar-refractivity contribution in [3.63, 3.8) is 0 Å². The average molecular weight is 418 g/mol. The average Bonchev–Trinajstić information content (AvgIpc) is 2.58. The van der Waals surface area contributed by atoms with Crippen LogP contribution in [0.15, 0.2) is 46.9 Å². The molecule has 0 aliphatic rings. The van der Waals surface area contributed by atoms with Crippen LogP contribution in [0, 0.1) is 13.8 Å². The number of hydrogen-bond acceptors (Lipinski definition) is 3. The summed E-state index contributed by atoms with van der Waals surface area (Å²) in [4.78, 5) is 26.0. The molecule has 2 amide bonds. The van der Waals surface area contributed by atoms with E-state index in [1.165, 1.54) is 0 Å². The van der Waals surface area contributed by atoms with Crippen molar-refractivity contribution in [2.75, 3.05) is 25.5 Å². The van der Waals surface area contributed by atoms with Crippen LogP contribution in [-0.2, 0) is 16.1 Å². The first kappa shape index (κ1) is 20.1. The van der Waals surface area contributed by atoms with Gasteiger partial charge in [0.15, 0.2) is 0 Å². The Morgan fingerprint density at radius 1 is 1.00 bits per heavy atom. The van der Waals surface area contributed by atoms with E-state index in [4.69, 9.17) is 0 Å². The molecule has 0 atom stereocenters. The minimum atomic E-state index is -0.230. The SMILES string of the molecule is Cc1cccc(C)c1NC(=O)CNC(=O)CN(C)Cc1ccc(Br)cc1. The molecule has 2 aromatic carbocycles. The fourth-order valence-electron chi connectivity index (χ4n) is 2.63. The highest BCUT2D eigenvalue weighted by Gasteiger charge is 2.11. The normalized spacial score (nSPS) is 10.7. The van der Waals surface area contributed by atoms with E-state index in [9.17, 15) is 9.59 Å². The van der Waals surface area contributed by atoms with Gasteiger partial charge in [-0.2, -0.15) is 0 Å². The van der Waals surface area contributed by atoms with Crippen LogP contribution in [0.4, 0.5) is 5.69 Å². The van der Waals surface area contributed by atoms with Gasteiger partial charge in [0.1, 0.15) is 0 Å². The standard InChI is InChI=1S/C20H24BrN3O2/c1-14-5-4-6-15(2)20(14)23-18(25)11-22-19(26)13-24(3)12-16-7-9-17(21)10-8-16/h4-10H,11-13H2,1-3H3,(H,22,26)(H,23,25). The molecule has 0 fully saturated rings. The van der Waals surface area contributed by atoms with Crippen molar-refractivity contribution in [2.24, 2.45) is 0 Å². The van der Waals surface area contributed by atoms with Crippen molar-refractivity contribution in [3.8, 4) is 0 Å². The summed E-state index contributed by atoms with van der Waals surface area (Å²) in [5, 5.41) is 5.53. The smallest absolute Gasteiger partial charge is 0.243 e. The van der Waals surface area contributed by atoms with Gasteiger partial charge in [-0.3, -0.25) is 14.5 Å². The van der Waals surface area contributed by atoms with Crippen molar-refractivity contribution in [3.05, 3.63) is 63.6 Å². The number of carbonyl (C=O) groups is 2. The summed E-state index contributed by atoms with van der Waals surface area (Å²) in [7, 11) is 1.87. The minimum Gasteiger partial charge on any atom is -0.346 e. The van der Waals surface area contributed by atoms with Gasteiger partial charge in [0, 0.05) is 16.7 Å². The van der Waals surface area contributed by atoms with Crippen LogP contribution in [0.25, 0.3) is 0 Å². The number of anilines is 1. The summed E-state index contributed by atoms with van der Waals surface area (Å²) < 4.78 is 1.02. The van der Waals surface area contributed by atoms with E-state index >= 15 is 0 Å². The van der Waals surface area contributed by atoms with Gasteiger partial charge < -0.3 is 10.6 Å². The lowest BCUT2D eigenvalue weighted by atomic mass is 10.1. The second kappa shape index (κ2) is 9.50. The van der Waals surface area contributed by atoms with Crippen LogP contribution in [0.3, 0.4) is 0 Å². The topological polar surface area (TPSA) is 61.4 Å². The maximum Gasteiger partial charge on any atom is 0.243 e. The van der Waals surface area contributed by atoms with Crippen LogP contribution in [0.2, 0.25) is 0 Å². The molecule has 0 heterocycles. The minimum absolute atomic E-state index is 0.0429. The molecular weight excluding hydrogens is 394 g/mol. The van der Waals surface area contributed by atoms with E-state index < -0.39 is 0 Å². The molecule has 2 rings (SSSR count). The third-order valence-corrected chi connectivity index (χ3v) is 4.50. The highest BCUT2D eigenvalue weighted by Crippen LogP contribution is 2.19. The highest BCUT2D eigenvalue weighted by molar-refractivity contribution is 9.10. The first-order valence-electron chi connectivity index (χ1n) is 8.41. The Bertz CT molecular complexity index is 755. The van der Waals surface area contributed by atoms with E-state index in [0.717, 1.165) is 26.9 Å². The number of amides is 2. The van der Waals surface area contributed by atoms with Gasteiger partial charge >= 0.3 is 0 Å². The van der Waals surface area contributed by atoms with Crippen LogP contribution in [-0.4, -0.2) is 36.9 Å². The Morgan fingerprint density at radius 3 is 2.23 bits per heavy atom. The quantitative estimate of drug-likeness (QED) is 0.726. The van der Waals surface area contributed by atoms with Crippen molar-refractivity contribution in [2.45, 2.75) is 20.4 Å². The Labute approximate surface area is 162 Å². The van der Waals surface area contributed by atoms with E-state index in [1.807, 2.05) is 68.3 Å². The van der Waals surface area contributed by atoms with E-state index in [-0.39, 0.29) is 24.9 Å². The zero-order chi connectivity index (χ0) is 19.1. The number of benzene rings is 2. The molecule has 0 saturated carbocycles. The molecule has 5 nitrogen and oxygen atoms in total. The second-order valence-corrected chi connectivity index (χ2v) is 7.31. The zero-order valence-electron chi connectivity index (χ0n) is 15.3. The third-order valence-electron chi connectivity index (χ3n) is 3.97. The Morgan fingerprint density at radius 2 is 1.62 bits per heavy atom. The number of hydrogen-bond donors (Lipinski definition) is 2. The molecule has 0 spiro atoms. The summed E-state index contributed by atoms with van der Waals surface area (Å²) in [6.07, 6.45) is 0. The number of para-hydroxylation sites is 1. The van der Waals surface area contributed by atoms with Crippen molar-refractivity contribution in [1.29, 1.82) is 0 Å². The fraction of sp³-hybridized carbons (Fsp3) is 0.300. The summed E-state index contributed by atoms with van der Waals surface area (Å²) >= 11 is 3.40. The molecule has 26 heavy (non-hydrogen) atoms. The van der Waals surface area contributed by atoms with Crippen molar-refractivity contribution < 1.29 is 9.59 Å². The molecule has 0 aromatic heterocycles.